The molecule has 1 N–H and O–H groups in total. The number of likely N-dealkylation sites (tertiary alicyclic amines) is 1. The summed E-state index contributed by atoms with van der Waals surface area (Å²) in [6.07, 6.45) is 0.528. The van der Waals surface area contributed by atoms with Crippen molar-refractivity contribution in [3.05, 3.63) is 123 Å². The van der Waals surface area contributed by atoms with Gasteiger partial charge in [-0.15, -0.1) is 0 Å². The average molecular weight is 688 g/mol. The Hall–Kier alpha value is -4.44. The number of nitrogens with zero attached hydrogens (tertiary/aromatic N) is 3. The zero-order chi connectivity index (χ0) is 32.6. The van der Waals surface area contributed by atoms with Gasteiger partial charge < -0.3 is 14.8 Å². The largest absolute Gasteiger partial charge is 0.494 e. The quantitative estimate of drug-likeness (QED) is 0.183. The lowest BCUT2D eigenvalue weighted by Crippen LogP contribution is -2.52. The maximum Gasteiger partial charge on any atom is 0.337 e. The summed E-state index contributed by atoms with van der Waals surface area (Å²) in [6.45, 7) is 2.81. The van der Waals surface area contributed by atoms with E-state index in [1.807, 2.05) is 48.0 Å². The van der Waals surface area contributed by atoms with E-state index in [2.05, 4.69) is 10.2 Å². The number of esters is 1. The van der Waals surface area contributed by atoms with Crippen LogP contribution in [-0.2, 0) is 28.0 Å². The number of hydrogen-bond acceptors (Lipinski definition) is 6. The molecule has 1 spiro atoms. The van der Waals surface area contributed by atoms with Gasteiger partial charge in [0.2, 0.25) is 5.91 Å². The van der Waals surface area contributed by atoms with Crippen molar-refractivity contribution < 1.29 is 23.5 Å². The van der Waals surface area contributed by atoms with Gasteiger partial charge in [-0.1, -0.05) is 67.0 Å². The van der Waals surface area contributed by atoms with Gasteiger partial charge in [-0.2, -0.15) is 5.10 Å². The number of carbonyl (C=O) groups is 2. The first-order valence-corrected chi connectivity index (χ1v) is 16.1. The van der Waals surface area contributed by atoms with Gasteiger partial charge in [-0.25, -0.2) is 9.18 Å². The van der Waals surface area contributed by atoms with Crippen LogP contribution in [0.25, 0.3) is 10.9 Å². The number of methoxy groups -OCH3 is 1. The lowest BCUT2D eigenvalue weighted by atomic mass is 9.73. The molecular weight excluding hydrogens is 654 g/mol. The van der Waals surface area contributed by atoms with Crippen LogP contribution in [-0.4, -0.2) is 46.3 Å². The van der Waals surface area contributed by atoms with Gasteiger partial charge in [0.05, 0.1) is 35.9 Å². The molecule has 3 aliphatic heterocycles. The van der Waals surface area contributed by atoms with E-state index in [4.69, 9.17) is 37.8 Å². The molecular formula is C37H33Cl2FN4O4. The molecule has 8 nitrogen and oxygen atoms in total. The van der Waals surface area contributed by atoms with E-state index in [1.54, 1.807) is 36.4 Å². The van der Waals surface area contributed by atoms with Crippen molar-refractivity contribution in [1.29, 1.82) is 0 Å². The van der Waals surface area contributed by atoms with Gasteiger partial charge in [-0.05, 0) is 60.5 Å². The molecule has 5 aromatic rings. The molecule has 0 saturated carbocycles. The molecule has 1 aromatic heterocycles. The summed E-state index contributed by atoms with van der Waals surface area (Å²) in [6, 6.07) is 22.7. The van der Waals surface area contributed by atoms with E-state index in [0.29, 0.717) is 52.5 Å². The maximum absolute atomic E-state index is 16.4. The van der Waals surface area contributed by atoms with Crippen LogP contribution in [0.5, 0.6) is 5.75 Å². The number of anilines is 1. The van der Waals surface area contributed by atoms with E-state index >= 15 is 4.39 Å². The average Bonchev–Trinajstić information content (AvgIpc) is 3.75. The SMILES string of the molecule is C.CCOc1cccc(CN2[C@H]3Cc4c5ccc(C(=O)OC)cc5nn4[C@H]3[C@H](c3cccc(Cl)c3F)[C@]23C(=O)Nc2cc(Cl)ccc23)c1. The first-order chi connectivity index (χ1) is 22.8. The molecule has 0 aliphatic carbocycles. The number of fused-ring (bicyclic) bond motifs is 7. The summed E-state index contributed by atoms with van der Waals surface area (Å²) in [5.74, 6) is -1.34. The highest BCUT2D eigenvalue weighted by molar-refractivity contribution is 6.31. The smallest absolute Gasteiger partial charge is 0.337 e. The van der Waals surface area contributed by atoms with Gasteiger partial charge >= 0.3 is 5.97 Å². The number of hydrogen-bond donors (Lipinski definition) is 1. The highest BCUT2D eigenvalue weighted by Crippen LogP contribution is 2.64. The third kappa shape index (κ3) is 4.55. The van der Waals surface area contributed by atoms with Crippen molar-refractivity contribution in [2.45, 2.75) is 50.9 Å². The Bertz CT molecular complexity index is 2120. The van der Waals surface area contributed by atoms with E-state index in [-0.39, 0.29) is 24.4 Å². The summed E-state index contributed by atoms with van der Waals surface area (Å²) in [5, 5.41) is 9.44. The fourth-order valence-corrected chi connectivity index (χ4v) is 8.43. The van der Waals surface area contributed by atoms with E-state index in [1.165, 1.54) is 13.2 Å². The lowest BCUT2D eigenvalue weighted by Gasteiger charge is -2.40. The predicted molar refractivity (Wildman–Crippen MR) is 183 cm³/mol. The van der Waals surface area contributed by atoms with Crippen LogP contribution < -0.4 is 10.1 Å². The Kier molecular flexibility index (Phi) is 7.97. The standard InChI is InChI=1S/C36H29Cl2FN4O4.CH4/c1-3-47-22-7-4-6-19(14-22)18-42-30-17-29-23-12-10-20(34(44)46-2)15-27(23)41-43(29)33(30)31(24-8-5-9-26(38)32(24)39)36(42)25-13-11-21(37)16-28(25)40-35(36)45;/h4-16,30-31,33H,3,17-18H2,1-2H3,(H,40,45);1H4/t30-,31-,33+,36+;/m0./s1. The monoisotopic (exact) mass is 686 g/mol. The molecule has 246 valence electrons. The molecule has 4 aromatic carbocycles. The second kappa shape index (κ2) is 11.9. The summed E-state index contributed by atoms with van der Waals surface area (Å²) in [5.41, 5.74) is 3.13. The Morgan fingerprint density at radius 3 is 2.69 bits per heavy atom. The van der Waals surface area contributed by atoms with Gasteiger partial charge in [0, 0.05) is 52.3 Å². The lowest BCUT2D eigenvalue weighted by molar-refractivity contribution is -0.128. The van der Waals surface area contributed by atoms with Crippen LogP contribution in [0.1, 0.15) is 59.1 Å². The van der Waals surface area contributed by atoms with Crippen LogP contribution in [0.4, 0.5) is 10.1 Å². The van der Waals surface area contributed by atoms with Crippen LogP contribution in [0.3, 0.4) is 0 Å². The number of ether oxygens (including phenoxy) is 2. The Labute approximate surface area is 287 Å². The predicted octanol–water partition coefficient (Wildman–Crippen LogP) is 7.92. The maximum atomic E-state index is 16.4. The van der Waals surface area contributed by atoms with Crippen LogP contribution >= 0.6 is 23.2 Å². The number of aromatic nitrogens is 2. The zero-order valence-corrected chi connectivity index (χ0v) is 27.0. The van der Waals surface area contributed by atoms with Gasteiger partial charge in [0.15, 0.2) is 0 Å². The minimum absolute atomic E-state index is 0. The molecule has 0 unspecified atom stereocenters. The van der Waals surface area contributed by atoms with Crippen molar-refractivity contribution >= 4 is 51.7 Å². The molecule has 0 radical (unpaired) electrons. The number of rotatable bonds is 6. The van der Waals surface area contributed by atoms with E-state index < -0.39 is 29.3 Å². The molecule has 4 heterocycles. The number of carbonyl (C=O) groups excluding carboxylic acids is 2. The Morgan fingerprint density at radius 1 is 1.08 bits per heavy atom. The molecule has 1 amide bonds. The van der Waals surface area contributed by atoms with Gasteiger partial charge in [0.1, 0.15) is 17.1 Å². The second-order valence-corrected chi connectivity index (χ2v) is 13.0. The molecule has 0 bridgehead atoms. The van der Waals surface area contributed by atoms with Crippen molar-refractivity contribution in [2.75, 3.05) is 19.0 Å². The molecule has 4 atom stereocenters. The highest BCUT2D eigenvalue weighted by Gasteiger charge is 2.69. The van der Waals surface area contributed by atoms with Crippen molar-refractivity contribution in [3.8, 4) is 5.75 Å². The topological polar surface area (TPSA) is 85.7 Å². The van der Waals surface area contributed by atoms with E-state index in [9.17, 15) is 9.59 Å². The third-order valence-electron chi connectivity index (χ3n) is 9.81. The molecule has 1 fully saturated rings. The molecule has 1 saturated heterocycles. The second-order valence-electron chi connectivity index (χ2n) is 12.1. The summed E-state index contributed by atoms with van der Waals surface area (Å²) in [4.78, 5) is 29.3. The first kappa shape index (κ1) is 32.1. The van der Waals surface area contributed by atoms with Crippen LogP contribution in [0.2, 0.25) is 10.0 Å². The van der Waals surface area contributed by atoms with Gasteiger partial charge in [-0.3, -0.25) is 14.4 Å². The zero-order valence-electron chi connectivity index (χ0n) is 25.5. The molecule has 11 heteroatoms. The van der Waals surface area contributed by atoms with Crippen LogP contribution in [0, 0.1) is 5.82 Å². The molecule has 48 heavy (non-hydrogen) atoms. The fourth-order valence-electron chi connectivity index (χ4n) is 8.07. The fraction of sp³-hybridized carbons (Fsp3) is 0.270. The summed E-state index contributed by atoms with van der Waals surface area (Å²) >= 11 is 12.9. The Morgan fingerprint density at radius 2 is 1.90 bits per heavy atom. The van der Waals surface area contributed by atoms with Crippen molar-refractivity contribution in [2.24, 2.45) is 0 Å². The minimum atomic E-state index is -1.35. The van der Waals surface area contributed by atoms with Gasteiger partial charge in [0.25, 0.3) is 0 Å². The highest BCUT2D eigenvalue weighted by atomic mass is 35.5. The number of nitrogens with one attached hydrogen (secondary N) is 1. The number of benzene rings is 4. The third-order valence-corrected chi connectivity index (χ3v) is 10.3. The Balaban J connectivity index is 0.00000364. The van der Waals surface area contributed by atoms with Crippen molar-refractivity contribution in [1.82, 2.24) is 14.7 Å². The van der Waals surface area contributed by atoms with Crippen molar-refractivity contribution in [3.63, 3.8) is 0 Å². The number of amides is 1. The van der Waals surface area contributed by atoms with Crippen LogP contribution in [0.15, 0.2) is 78.9 Å². The summed E-state index contributed by atoms with van der Waals surface area (Å²) in [7, 11) is 1.34. The molecule has 8 rings (SSSR count). The summed E-state index contributed by atoms with van der Waals surface area (Å²) < 4.78 is 29.1. The van der Waals surface area contributed by atoms with E-state index in [0.717, 1.165) is 22.4 Å². The number of halogens is 3. The first-order valence-electron chi connectivity index (χ1n) is 15.4. The molecule has 3 aliphatic rings. The normalized spacial score (nSPS) is 22.3. The minimum Gasteiger partial charge on any atom is -0.494 e.